The van der Waals surface area contributed by atoms with Gasteiger partial charge in [-0.05, 0) is 18.2 Å². The van der Waals surface area contributed by atoms with Crippen molar-refractivity contribution in [2.45, 2.75) is 12.8 Å². The number of Topliss-reactive ketones (excluding diaryl/α,β-unsaturated/α-hetero) is 1. The summed E-state index contributed by atoms with van der Waals surface area (Å²) in [6.45, 7) is -0.218. The van der Waals surface area contributed by atoms with Gasteiger partial charge in [-0.2, -0.15) is 0 Å². The van der Waals surface area contributed by atoms with Crippen molar-refractivity contribution in [3.8, 4) is 5.75 Å². The van der Waals surface area contributed by atoms with Gasteiger partial charge in [-0.15, -0.1) is 0 Å². The molecule has 1 amide bonds. The average molecular weight is 327 g/mol. The third-order valence-corrected chi connectivity index (χ3v) is 2.85. The van der Waals surface area contributed by atoms with Crippen LogP contribution in [0.5, 0.6) is 5.75 Å². The van der Waals surface area contributed by atoms with Crippen LogP contribution in [0.3, 0.4) is 0 Å². The molecular weight excluding hydrogens is 309 g/mol. The van der Waals surface area contributed by atoms with Crippen molar-refractivity contribution in [1.29, 1.82) is 0 Å². The smallest absolute Gasteiger partial charge is 0.329 e. The number of ketones is 1. The Bertz CT molecular complexity index is 575. The summed E-state index contributed by atoms with van der Waals surface area (Å²) < 4.78 is 23.0. The molecule has 0 saturated carbocycles. The van der Waals surface area contributed by atoms with E-state index in [1.165, 1.54) is 19.2 Å². The molecule has 0 fully saturated rings. The van der Waals surface area contributed by atoms with Crippen LogP contribution in [0.2, 0.25) is 0 Å². The number of carboxylic acids is 1. The number of halogens is 1. The molecule has 0 radical (unpaired) electrons. The van der Waals surface area contributed by atoms with Crippen molar-refractivity contribution in [3.63, 3.8) is 0 Å². The van der Waals surface area contributed by atoms with E-state index in [0.717, 1.165) is 6.07 Å². The maximum absolute atomic E-state index is 13.5. The monoisotopic (exact) mass is 327 g/mol. The number of benzene rings is 1. The predicted molar refractivity (Wildman–Crippen MR) is 78.0 cm³/mol. The van der Waals surface area contributed by atoms with Crippen molar-refractivity contribution in [3.05, 3.63) is 29.6 Å². The minimum absolute atomic E-state index is 0.0423. The summed E-state index contributed by atoms with van der Waals surface area (Å²) in [6, 6.07) is 3.85. The zero-order valence-electron chi connectivity index (χ0n) is 12.6. The molecule has 0 heterocycles. The first-order valence-corrected chi connectivity index (χ1v) is 6.87. The Balaban J connectivity index is 2.31. The first-order chi connectivity index (χ1) is 10.9. The molecule has 1 rings (SSSR count). The second-order valence-electron chi connectivity index (χ2n) is 4.57. The number of nitrogens with one attached hydrogen (secondary N) is 1. The van der Waals surface area contributed by atoms with Crippen LogP contribution >= 0.6 is 0 Å². The summed E-state index contributed by atoms with van der Waals surface area (Å²) >= 11 is 0. The van der Waals surface area contributed by atoms with E-state index < -0.39 is 18.4 Å². The molecule has 2 N–H and O–H groups in total. The number of carbonyl (C=O) groups excluding carboxylic acids is 2. The van der Waals surface area contributed by atoms with E-state index in [-0.39, 0.29) is 49.0 Å². The molecule has 0 aliphatic heterocycles. The first-order valence-electron chi connectivity index (χ1n) is 6.87. The van der Waals surface area contributed by atoms with E-state index in [1.807, 2.05) is 0 Å². The number of hydrogen-bond acceptors (Lipinski definition) is 5. The molecule has 126 valence electrons. The van der Waals surface area contributed by atoms with Gasteiger partial charge in [-0.1, -0.05) is 0 Å². The summed E-state index contributed by atoms with van der Waals surface area (Å²) in [5, 5.41) is 10.8. The highest BCUT2D eigenvalue weighted by Crippen LogP contribution is 2.18. The van der Waals surface area contributed by atoms with E-state index in [1.54, 1.807) is 0 Å². The third-order valence-electron chi connectivity index (χ3n) is 2.85. The molecule has 0 bridgehead atoms. The highest BCUT2D eigenvalue weighted by atomic mass is 19.1. The van der Waals surface area contributed by atoms with Crippen LogP contribution in [0.4, 0.5) is 4.39 Å². The van der Waals surface area contributed by atoms with Gasteiger partial charge >= 0.3 is 5.97 Å². The first kappa shape index (κ1) is 18.6. The SMILES string of the molecule is COc1ccc(C(=O)CCC(=O)NCCOCC(=O)O)cc1F. The topological polar surface area (TPSA) is 102 Å². The summed E-state index contributed by atoms with van der Waals surface area (Å²) in [5.41, 5.74) is 0.167. The van der Waals surface area contributed by atoms with E-state index in [4.69, 9.17) is 14.6 Å². The van der Waals surface area contributed by atoms with Crippen LogP contribution in [0.1, 0.15) is 23.2 Å². The van der Waals surface area contributed by atoms with Gasteiger partial charge in [0.1, 0.15) is 6.61 Å². The molecular formula is C15H18FNO6. The lowest BCUT2D eigenvalue weighted by Gasteiger charge is -2.06. The Morgan fingerprint density at radius 1 is 1.26 bits per heavy atom. The Kier molecular flexibility index (Phi) is 7.69. The molecule has 0 atom stereocenters. The number of carboxylic acid groups (broad SMARTS) is 1. The molecule has 1 aromatic carbocycles. The van der Waals surface area contributed by atoms with Crippen molar-refractivity contribution in [2.24, 2.45) is 0 Å². The highest BCUT2D eigenvalue weighted by Gasteiger charge is 2.12. The largest absolute Gasteiger partial charge is 0.494 e. The van der Waals surface area contributed by atoms with Crippen LogP contribution in [0.15, 0.2) is 18.2 Å². The maximum atomic E-state index is 13.5. The molecule has 23 heavy (non-hydrogen) atoms. The van der Waals surface area contributed by atoms with Gasteiger partial charge in [-0.25, -0.2) is 9.18 Å². The molecule has 0 aliphatic rings. The van der Waals surface area contributed by atoms with Gasteiger partial charge in [0.2, 0.25) is 5.91 Å². The fourth-order valence-electron chi connectivity index (χ4n) is 1.72. The molecule has 0 saturated heterocycles. The van der Waals surface area contributed by atoms with E-state index >= 15 is 0 Å². The van der Waals surface area contributed by atoms with Gasteiger partial charge in [-0.3, -0.25) is 9.59 Å². The number of ether oxygens (including phenoxy) is 2. The van der Waals surface area contributed by atoms with Gasteiger partial charge in [0.05, 0.1) is 13.7 Å². The van der Waals surface area contributed by atoms with Gasteiger partial charge in [0, 0.05) is 24.9 Å². The van der Waals surface area contributed by atoms with Gasteiger partial charge < -0.3 is 19.9 Å². The van der Waals surface area contributed by atoms with E-state index in [9.17, 15) is 18.8 Å². The second-order valence-corrected chi connectivity index (χ2v) is 4.57. The number of amides is 1. The molecule has 0 unspecified atom stereocenters. The summed E-state index contributed by atoms with van der Waals surface area (Å²) in [7, 11) is 1.32. The second kappa shape index (κ2) is 9.52. The van der Waals surface area contributed by atoms with Crippen molar-refractivity contribution < 1.29 is 33.4 Å². The van der Waals surface area contributed by atoms with Crippen LogP contribution in [-0.2, 0) is 14.3 Å². The van der Waals surface area contributed by atoms with Gasteiger partial charge in [0.15, 0.2) is 17.3 Å². The minimum Gasteiger partial charge on any atom is -0.494 e. The Hall–Kier alpha value is -2.48. The maximum Gasteiger partial charge on any atom is 0.329 e. The van der Waals surface area contributed by atoms with Crippen molar-refractivity contribution in [2.75, 3.05) is 26.9 Å². The third kappa shape index (κ3) is 6.88. The number of hydrogen-bond donors (Lipinski definition) is 2. The van der Waals surface area contributed by atoms with E-state index in [2.05, 4.69) is 5.32 Å². The fourth-order valence-corrected chi connectivity index (χ4v) is 1.72. The van der Waals surface area contributed by atoms with Crippen LogP contribution in [-0.4, -0.2) is 49.6 Å². The quantitative estimate of drug-likeness (QED) is 0.491. The summed E-state index contributed by atoms with van der Waals surface area (Å²) in [6.07, 6.45) is -0.112. The van der Waals surface area contributed by atoms with Gasteiger partial charge in [0.25, 0.3) is 0 Å². The van der Waals surface area contributed by atoms with Crippen LogP contribution < -0.4 is 10.1 Å². The zero-order valence-corrected chi connectivity index (χ0v) is 12.6. The lowest BCUT2D eigenvalue weighted by Crippen LogP contribution is -2.28. The Morgan fingerprint density at radius 2 is 2.00 bits per heavy atom. The lowest BCUT2D eigenvalue weighted by atomic mass is 10.1. The predicted octanol–water partition coefficient (Wildman–Crippen LogP) is 1.01. The fraction of sp³-hybridized carbons (Fsp3) is 0.400. The summed E-state index contributed by atoms with van der Waals surface area (Å²) in [5.74, 6) is -2.41. The normalized spacial score (nSPS) is 10.2. The Morgan fingerprint density at radius 3 is 2.61 bits per heavy atom. The minimum atomic E-state index is -1.09. The van der Waals surface area contributed by atoms with E-state index in [0.29, 0.717) is 0 Å². The Labute approximate surface area is 132 Å². The molecule has 0 aliphatic carbocycles. The summed E-state index contributed by atoms with van der Waals surface area (Å²) in [4.78, 5) is 33.6. The number of methoxy groups -OCH3 is 1. The molecule has 7 nitrogen and oxygen atoms in total. The van der Waals surface area contributed by atoms with Crippen LogP contribution in [0.25, 0.3) is 0 Å². The highest BCUT2D eigenvalue weighted by molar-refractivity contribution is 5.98. The lowest BCUT2D eigenvalue weighted by molar-refractivity contribution is -0.142. The zero-order chi connectivity index (χ0) is 17.2. The standard InChI is InChI=1S/C15H18FNO6/c1-22-13-4-2-10(8-11(13)16)12(18)3-5-14(19)17-6-7-23-9-15(20)21/h2,4,8H,3,5-7,9H2,1H3,(H,17,19)(H,20,21). The molecule has 0 spiro atoms. The molecule has 0 aromatic heterocycles. The van der Waals surface area contributed by atoms with Crippen molar-refractivity contribution >= 4 is 17.7 Å². The number of aliphatic carboxylic acids is 1. The average Bonchev–Trinajstić information content (AvgIpc) is 2.51. The van der Waals surface area contributed by atoms with Crippen molar-refractivity contribution in [1.82, 2.24) is 5.32 Å². The number of rotatable bonds is 10. The molecule has 8 heteroatoms. The molecule has 1 aromatic rings. The van der Waals surface area contributed by atoms with Crippen LogP contribution in [0, 0.1) is 5.82 Å². The number of carbonyl (C=O) groups is 3.